The van der Waals surface area contributed by atoms with Crippen molar-refractivity contribution in [3.8, 4) is 5.75 Å². The number of hydrogen-bond acceptors (Lipinski definition) is 2. The van der Waals surface area contributed by atoms with Crippen LogP contribution < -0.4 is 10.1 Å². The van der Waals surface area contributed by atoms with Crippen molar-refractivity contribution in [1.29, 1.82) is 0 Å². The lowest BCUT2D eigenvalue weighted by Crippen LogP contribution is -2.36. The number of nitrogens with one attached hydrogen (secondary N) is 1. The monoisotopic (exact) mass is 298 g/mol. The predicted octanol–water partition coefficient (Wildman–Crippen LogP) is 4.31. The molecule has 0 fully saturated rings. The Hall–Kier alpha value is -1.42. The van der Waals surface area contributed by atoms with Gasteiger partial charge in [0.15, 0.2) is 0 Å². The zero-order valence-electron chi connectivity index (χ0n) is 12.6. The van der Waals surface area contributed by atoms with Gasteiger partial charge in [0.05, 0.1) is 12.8 Å². The average molecular weight is 299 g/mol. The van der Waals surface area contributed by atoms with Crippen molar-refractivity contribution in [2.24, 2.45) is 0 Å². The van der Waals surface area contributed by atoms with E-state index in [-0.39, 0.29) is 6.03 Å². The van der Waals surface area contributed by atoms with Crippen LogP contribution in [0.3, 0.4) is 0 Å². The van der Waals surface area contributed by atoms with Gasteiger partial charge in [-0.2, -0.15) is 0 Å². The molecule has 0 heterocycles. The third kappa shape index (κ3) is 4.30. The molecule has 0 bridgehead atoms. The van der Waals surface area contributed by atoms with Crippen LogP contribution in [0.4, 0.5) is 10.5 Å². The van der Waals surface area contributed by atoms with Crippen molar-refractivity contribution in [3.05, 3.63) is 22.7 Å². The van der Waals surface area contributed by atoms with Gasteiger partial charge in [-0.05, 0) is 31.4 Å². The van der Waals surface area contributed by atoms with Crippen LogP contribution in [-0.2, 0) is 0 Å². The van der Waals surface area contributed by atoms with Gasteiger partial charge in [0.25, 0.3) is 0 Å². The minimum absolute atomic E-state index is 0.103. The molecule has 0 saturated carbocycles. The van der Waals surface area contributed by atoms with E-state index in [0.717, 1.165) is 31.5 Å². The molecule has 2 amide bonds. The van der Waals surface area contributed by atoms with Crippen molar-refractivity contribution in [2.75, 3.05) is 25.5 Å². The smallest absolute Gasteiger partial charge is 0.321 e. The molecule has 0 aliphatic carbocycles. The number of carbonyl (C=O) groups is 1. The van der Waals surface area contributed by atoms with Gasteiger partial charge >= 0.3 is 6.03 Å². The molecule has 0 spiro atoms. The number of benzene rings is 1. The first kappa shape index (κ1) is 16.6. The van der Waals surface area contributed by atoms with E-state index in [1.54, 1.807) is 13.2 Å². The molecule has 4 nitrogen and oxygen atoms in total. The minimum Gasteiger partial charge on any atom is -0.495 e. The van der Waals surface area contributed by atoms with E-state index in [4.69, 9.17) is 16.3 Å². The fourth-order valence-corrected chi connectivity index (χ4v) is 2.13. The number of aryl methyl sites for hydroxylation is 1. The zero-order chi connectivity index (χ0) is 15.1. The topological polar surface area (TPSA) is 41.6 Å². The van der Waals surface area contributed by atoms with Crippen molar-refractivity contribution in [3.63, 3.8) is 0 Å². The number of amides is 2. The Balaban J connectivity index is 2.90. The number of urea groups is 1. The minimum atomic E-state index is -0.103. The number of nitrogens with zero attached hydrogens (tertiary/aromatic N) is 1. The summed E-state index contributed by atoms with van der Waals surface area (Å²) < 4.78 is 5.26. The SMILES string of the molecule is CCCN(CCC)C(=O)Nc1cc(C)c(Cl)cc1OC. The molecule has 0 saturated heterocycles. The van der Waals surface area contributed by atoms with Gasteiger partial charge in [-0.25, -0.2) is 4.79 Å². The number of rotatable bonds is 6. The van der Waals surface area contributed by atoms with Gasteiger partial charge in [-0.3, -0.25) is 0 Å². The standard InChI is InChI=1S/C15H23ClN2O2/c1-5-7-18(8-6-2)15(19)17-13-9-11(3)12(16)10-14(13)20-4/h9-10H,5-8H2,1-4H3,(H,17,19). The summed E-state index contributed by atoms with van der Waals surface area (Å²) in [6.45, 7) is 7.50. The number of carbonyl (C=O) groups excluding carboxylic acids is 1. The van der Waals surface area contributed by atoms with Crippen LogP contribution in [0.25, 0.3) is 0 Å². The van der Waals surface area contributed by atoms with Crippen molar-refractivity contribution >= 4 is 23.3 Å². The van der Waals surface area contributed by atoms with Crippen LogP contribution in [0.2, 0.25) is 5.02 Å². The van der Waals surface area contributed by atoms with Gasteiger partial charge in [-0.15, -0.1) is 0 Å². The molecule has 0 aromatic heterocycles. The number of ether oxygens (including phenoxy) is 1. The summed E-state index contributed by atoms with van der Waals surface area (Å²) in [5, 5.41) is 3.53. The summed E-state index contributed by atoms with van der Waals surface area (Å²) in [6.07, 6.45) is 1.87. The summed E-state index contributed by atoms with van der Waals surface area (Å²) in [7, 11) is 1.56. The molecule has 0 radical (unpaired) electrons. The van der Waals surface area contributed by atoms with E-state index in [1.165, 1.54) is 0 Å². The van der Waals surface area contributed by atoms with Gasteiger partial charge in [-0.1, -0.05) is 25.4 Å². The van der Waals surface area contributed by atoms with E-state index < -0.39 is 0 Å². The van der Waals surface area contributed by atoms with Crippen LogP contribution in [0.1, 0.15) is 32.3 Å². The van der Waals surface area contributed by atoms with E-state index in [1.807, 2.05) is 17.9 Å². The van der Waals surface area contributed by atoms with Gasteiger partial charge < -0.3 is 15.0 Å². The maximum atomic E-state index is 12.3. The van der Waals surface area contributed by atoms with Crippen molar-refractivity contribution in [2.45, 2.75) is 33.6 Å². The summed E-state index contributed by atoms with van der Waals surface area (Å²) in [5.41, 5.74) is 1.55. The first-order valence-electron chi connectivity index (χ1n) is 6.93. The molecule has 20 heavy (non-hydrogen) atoms. The summed E-state index contributed by atoms with van der Waals surface area (Å²) in [6, 6.07) is 3.44. The molecular formula is C15H23ClN2O2. The summed E-state index contributed by atoms with van der Waals surface area (Å²) in [4.78, 5) is 14.1. The third-order valence-electron chi connectivity index (χ3n) is 3.00. The molecule has 1 rings (SSSR count). The lowest BCUT2D eigenvalue weighted by Gasteiger charge is -2.22. The fraction of sp³-hybridized carbons (Fsp3) is 0.533. The molecule has 5 heteroatoms. The number of halogens is 1. The highest BCUT2D eigenvalue weighted by molar-refractivity contribution is 6.31. The molecule has 1 aromatic carbocycles. The lowest BCUT2D eigenvalue weighted by molar-refractivity contribution is 0.211. The Morgan fingerprint density at radius 3 is 2.40 bits per heavy atom. The van der Waals surface area contributed by atoms with Gasteiger partial charge in [0, 0.05) is 24.2 Å². The Bertz CT molecular complexity index is 457. The van der Waals surface area contributed by atoms with Gasteiger partial charge in [0.1, 0.15) is 5.75 Å². The largest absolute Gasteiger partial charge is 0.495 e. The summed E-state index contributed by atoms with van der Waals surface area (Å²) in [5.74, 6) is 0.571. The first-order chi connectivity index (χ1) is 9.53. The summed E-state index contributed by atoms with van der Waals surface area (Å²) >= 11 is 6.06. The molecular weight excluding hydrogens is 276 g/mol. The Morgan fingerprint density at radius 1 is 1.30 bits per heavy atom. The highest BCUT2D eigenvalue weighted by Gasteiger charge is 2.15. The number of anilines is 1. The molecule has 0 atom stereocenters. The van der Waals surface area contributed by atoms with Crippen molar-refractivity contribution < 1.29 is 9.53 Å². The maximum absolute atomic E-state index is 12.3. The van der Waals surface area contributed by atoms with E-state index in [9.17, 15) is 4.79 Å². The van der Waals surface area contributed by atoms with Crippen LogP contribution in [0.15, 0.2) is 12.1 Å². The normalized spacial score (nSPS) is 10.2. The van der Waals surface area contributed by atoms with E-state index in [2.05, 4.69) is 19.2 Å². The Morgan fingerprint density at radius 2 is 1.90 bits per heavy atom. The molecule has 0 aliphatic rings. The quantitative estimate of drug-likeness (QED) is 0.850. The van der Waals surface area contributed by atoms with Crippen molar-refractivity contribution in [1.82, 2.24) is 4.90 Å². The average Bonchev–Trinajstić information content (AvgIpc) is 2.42. The lowest BCUT2D eigenvalue weighted by atomic mass is 10.2. The van der Waals surface area contributed by atoms with E-state index >= 15 is 0 Å². The molecule has 112 valence electrons. The second kappa shape index (κ2) is 8.00. The Labute approximate surface area is 126 Å². The zero-order valence-corrected chi connectivity index (χ0v) is 13.4. The predicted molar refractivity (Wildman–Crippen MR) is 83.9 cm³/mol. The highest BCUT2D eigenvalue weighted by atomic mass is 35.5. The highest BCUT2D eigenvalue weighted by Crippen LogP contribution is 2.31. The fourth-order valence-electron chi connectivity index (χ4n) is 1.98. The van der Waals surface area contributed by atoms with E-state index in [0.29, 0.717) is 16.5 Å². The first-order valence-corrected chi connectivity index (χ1v) is 7.31. The van der Waals surface area contributed by atoms with Gasteiger partial charge in [0.2, 0.25) is 0 Å². The molecule has 0 unspecified atom stereocenters. The maximum Gasteiger partial charge on any atom is 0.321 e. The van der Waals surface area contributed by atoms with Crippen LogP contribution in [-0.4, -0.2) is 31.1 Å². The van der Waals surface area contributed by atoms with Crippen LogP contribution >= 0.6 is 11.6 Å². The van der Waals surface area contributed by atoms with Crippen LogP contribution in [0.5, 0.6) is 5.75 Å². The molecule has 1 aromatic rings. The number of hydrogen-bond donors (Lipinski definition) is 1. The second-order valence-electron chi connectivity index (χ2n) is 4.72. The number of methoxy groups -OCH3 is 1. The van der Waals surface area contributed by atoms with Crippen LogP contribution in [0, 0.1) is 6.92 Å². The second-order valence-corrected chi connectivity index (χ2v) is 5.13. The third-order valence-corrected chi connectivity index (χ3v) is 3.40. The Kier molecular flexibility index (Phi) is 6.65. The molecule has 1 N–H and O–H groups in total. The molecule has 0 aliphatic heterocycles.